The smallest absolute Gasteiger partial charge is 0.338 e. The summed E-state index contributed by atoms with van der Waals surface area (Å²) in [5.74, 6) is -0.551. The van der Waals surface area contributed by atoms with Crippen LogP contribution in [0.5, 0.6) is 11.5 Å². The molecule has 28 heavy (non-hydrogen) atoms. The normalized spacial score (nSPS) is 11.6. The number of benzene rings is 2. The Hall–Kier alpha value is -3.09. The molecular weight excluding hydrogens is 365 g/mol. The number of esters is 1. The van der Waals surface area contributed by atoms with Gasteiger partial charge < -0.3 is 19.5 Å². The maximum atomic E-state index is 13.0. The van der Waals surface area contributed by atoms with Gasteiger partial charge in [-0.05, 0) is 56.7 Å². The van der Waals surface area contributed by atoms with E-state index in [1.807, 2.05) is 13.8 Å². The van der Waals surface area contributed by atoms with Gasteiger partial charge in [0.05, 0.1) is 24.8 Å². The van der Waals surface area contributed by atoms with Crippen LogP contribution in [0.2, 0.25) is 0 Å². The molecule has 0 aliphatic rings. The van der Waals surface area contributed by atoms with Gasteiger partial charge in [-0.3, -0.25) is 4.79 Å². The second kappa shape index (κ2) is 9.73. The van der Waals surface area contributed by atoms with E-state index >= 15 is 0 Å². The fourth-order valence-electron chi connectivity index (χ4n) is 2.48. The number of ether oxygens (including phenoxy) is 3. The summed E-state index contributed by atoms with van der Waals surface area (Å²) in [6, 6.07) is 10.1. The summed E-state index contributed by atoms with van der Waals surface area (Å²) in [6.45, 7) is 5.09. The Bertz CT molecular complexity index is 820. The van der Waals surface area contributed by atoms with E-state index in [9.17, 15) is 14.0 Å². The van der Waals surface area contributed by atoms with Crippen molar-refractivity contribution < 1.29 is 28.2 Å². The van der Waals surface area contributed by atoms with Crippen LogP contribution in [0.3, 0.4) is 0 Å². The van der Waals surface area contributed by atoms with Gasteiger partial charge >= 0.3 is 5.97 Å². The lowest BCUT2D eigenvalue weighted by Crippen LogP contribution is -2.31. The summed E-state index contributed by atoms with van der Waals surface area (Å²) in [6.07, 6.45) is -0.0431. The molecule has 0 aliphatic carbocycles. The molecule has 7 heteroatoms. The third kappa shape index (κ3) is 5.97. The number of nitrogens with one attached hydrogen (secondary N) is 1. The van der Waals surface area contributed by atoms with Gasteiger partial charge in [-0.2, -0.15) is 0 Å². The molecule has 0 fully saturated rings. The van der Waals surface area contributed by atoms with Crippen molar-refractivity contribution in [1.29, 1.82) is 0 Å². The first kappa shape index (κ1) is 21.2. The standard InChI is InChI=1S/C21H24FNO5/c1-13(2)28-18-10-7-16(11-19(18)26-4)21(25)27-12-20(24)23-14(3)15-5-8-17(22)9-6-15/h5-11,13-14H,12H2,1-4H3,(H,23,24). The zero-order chi connectivity index (χ0) is 20.7. The number of methoxy groups -OCH3 is 1. The van der Waals surface area contributed by atoms with Gasteiger partial charge in [-0.1, -0.05) is 12.1 Å². The van der Waals surface area contributed by atoms with Gasteiger partial charge in [0.1, 0.15) is 5.82 Å². The molecule has 0 heterocycles. The van der Waals surface area contributed by atoms with E-state index in [-0.39, 0.29) is 23.5 Å². The highest BCUT2D eigenvalue weighted by Gasteiger charge is 2.16. The lowest BCUT2D eigenvalue weighted by molar-refractivity contribution is -0.124. The molecule has 2 aromatic rings. The van der Waals surface area contributed by atoms with E-state index in [1.54, 1.807) is 31.2 Å². The third-order valence-electron chi connectivity index (χ3n) is 3.84. The lowest BCUT2D eigenvalue weighted by Gasteiger charge is -2.15. The molecule has 0 aliphatic heterocycles. The highest BCUT2D eigenvalue weighted by molar-refractivity contribution is 5.92. The van der Waals surface area contributed by atoms with Crippen LogP contribution in [0.15, 0.2) is 42.5 Å². The predicted molar refractivity (Wildman–Crippen MR) is 102 cm³/mol. The average molecular weight is 389 g/mol. The monoisotopic (exact) mass is 389 g/mol. The van der Waals surface area contributed by atoms with Crippen molar-refractivity contribution in [1.82, 2.24) is 5.32 Å². The van der Waals surface area contributed by atoms with Gasteiger partial charge in [0, 0.05) is 0 Å². The highest BCUT2D eigenvalue weighted by atomic mass is 19.1. The molecule has 1 N–H and O–H groups in total. The fraction of sp³-hybridized carbons (Fsp3) is 0.333. The average Bonchev–Trinajstić information content (AvgIpc) is 2.66. The van der Waals surface area contributed by atoms with Crippen LogP contribution >= 0.6 is 0 Å². The summed E-state index contributed by atoms with van der Waals surface area (Å²) in [4.78, 5) is 24.2. The first-order valence-corrected chi connectivity index (χ1v) is 8.86. The SMILES string of the molecule is COc1cc(C(=O)OCC(=O)NC(C)c2ccc(F)cc2)ccc1OC(C)C. The summed E-state index contributed by atoms with van der Waals surface area (Å²) in [5, 5.41) is 2.69. The molecule has 0 radical (unpaired) electrons. The second-order valence-corrected chi connectivity index (χ2v) is 6.45. The molecule has 0 spiro atoms. The third-order valence-corrected chi connectivity index (χ3v) is 3.84. The van der Waals surface area contributed by atoms with Gasteiger partial charge in [0.2, 0.25) is 0 Å². The zero-order valence-corrected chi connectivity index (χ0v) is 16.3. The van der Waals surface area contributed by atoms with E-state index in [2.05, 4.69) is 5.32 Å². The first-order chi connectivity index (χ1) is 13.3. The highest BCUT2D eigenvalue weighted by Crippen LogP contribution is 2.29. The van der Waals surface area contributed by atoms with Crippen LogP contribution in [-0.2, 0) is 9.53 Å². The maximum absolute atomic E-state index is 13.0. The molecule has 2 rings (SSSR count). The van der Waals surface area contributed by atoms with Crippen LogP contribution in [0.4, 0.5) is 4.39 Å². The minimum atomic E-state index is -0.654. The first-order valence-electron chi connectivity index (χ1n) is 8.86. The quantitative estimate of drug-likeness (QED) is 0.698. The van der Waals surface area contributed by atoms with Crippen molar-refractivity contribution in [3.05, 3.63) is 59.4 Å². The van der Waals surface area contributed by atoms with Crippen molar-refractivity contribution in [2.24, 2.45) is 0 Å². The molecule has 0 saturated heterocycles. The molecule has 0 bridgehead atoms. The fourth-order valence-corrected chi connectivity index (χ4v) is 2.48. The van der Waals surface area contributed by atoms with Crippen LogP contribution in [0.25, 0.3) is 0 Å². The summed E-state index contributed by atoms with van der Waals surface area (Å²) < 4.78 is 28.9. The van der Waals surface area contributed by atoms with Crippen LogP contribution < -0.4 is 14.8 Å². The van der Waals surface area contributed by atoms with E-state index in [1.165, 1.54) is 25.3 Å². The molecule has 0 aromatic heterocycles. The zero-order valence-electron chi connectivity index (χ0n) is 16.3. The van der Waals surface area contributed by atoms with E-state index in [0.717, 1.165) is 5.56 Å². The van der Waals surface area contributed by atoms with Crippen molar-refractivity contribution in [3.63, 3.8) is 0 Å². The number of hydrogen-bond donors (Lipinski definition) is 1. The lowest BCUT2D eigenvalue weighted by atomic mass is 10.1. The van der Waals surface area contributed by atoms with Gasteiger partial charge in [0.25, 0.3) is 5.91 Å². The van der Waals surface area contributed by atoms with E-state index in [4.69, 9.17) is 14.2 Å². The molecule has 0 saturated carbocycles. The Labute approximate surface area is 163 Å². The Balaban J connectivity index is 1.92. The van der Waals surface area contributed by atoms with E-state index in [0.29, 0.717) is 11.5 Å². The largest absolute Gasteiger partial charge is 0.493 e. The van der Waals surface area contributed by atoms with Crippen LogP contribution in [0.1, 0.15) is 42.7 Å². The van der Waals surface area contributed by atoms with Gasteiger partial charge in [0.15, 0.2) is 18.1 Å². The Kier molecular flexibility index (Phi) is 7.37. The molecular formula is C21H24FNO5. The summed E-state index contributed by atoms with van der Waals surface area (Å²) in [7, 11) is 1.47. The number of amides is 1. The molecule has 1 amide bonds. The Morgan fingerprint density at radius 2 is 1.71 bits per heavy atom. The van der Waals surface area contributed by atoms with Crippen molar-refractivity contribution in [2.45, 2.75) is 32.9 Å². The number of carbonyl (C=O) groups excluding carboxylic acids is 2. The van der Waals surface area contributed by atoms with Gasteiger partial charge in [-0.15, -0.1) is 0 Å². The van der Waals surface area contributed by atoms with Crippen LogP contribution in [0, 0.1) is 5.82 Å². The number of rotatable bonds is 8. The maximum Gasteiger partial charge on any atom is 0.338 e. The minimum Gasteiger partial charge on any atom is -0.493 e. The Morgan fingerprint density at radius 1 is 1.04 bits per heavy atom. The van der Waals surface area contributed by atoms with Crippen molar-refractivity contribution in [2.75, 3.05) is 13.7 Å². The summed E-state index contributed by atoms with van der Waals surface area (Å²) in [5.41, 5.74) is 0.985. The molecule has 1 atom stereocenters. The predicted octanol–water partition coefficient (Wildman–Crippen LogP) is 3.66. The Morgan fingerprint density at radius 3 is 2.32 bits per heavy atom. The number of hydrogen-bond acceptors (Lipinski definition) is 5. The van der Waals surface area contributed by atoms with E-state index < -0.39 is 18.5 Å². The molecule has 6 nitrogen and oxygen atoms in total. The summed E-state index contributed by atoms with van der Waals surface area (Å²) >= 11 is 0. The number of halogens is 1. The molecule has 150 valence electrons. The van der Waals surface area contributed by atoms with Crippen LogP contribution in [-0.4, -0.2) is 31.7 Å². The minimum absolute atomic E-state index is 0.0431. The second-order valence-electron chi connectivity index (χ2n) is 6.45. The topological polar surface area (TPSA) is 73.9 Å². The number of carbonyl (C=O) groups is 2. The van der Waals surface area contributed by atoms with Crippen molar-refractivity contribution >= 4 is 11.9 Å². The molecule has 1 unspecified atom stereocenters. The molecule has 2 aromatic carbocycles. The van der Waals surface area contributed by atoms with Crippen molar-refractivity contribution in [3.8, 4) is 11.5 Å². The van der Waals surface area contributed by atoms with Gasteiger partial charge in [-0.25, -0.2) is 9.18 Å².